The zero-order valence-corrected chi connectivity index (χ0v) is 21.8. The topological polar surface area (TPSA) is 26.3 Å². The quantitative estimate of drug-likeness (QED) is 0.0793. The van der Waals surface area contributed by atoms with Crippen LogP contribution in [0.2, 0.25) is 0 Å². The van der Waals surface area contributed by atoms with Crippen LogP contribution in [0.4, 0.5) is 13.2 Å². The molecular formula is C34H31F3O2. The van der Waals surface area contributed by atoms with Crippen molar-refractivity contribution in [3.8, 4) is 28.0 Å². The molecule has 0 amide bonds. The summed E-state index contributed by atoms with van der Waals surface area (Å²) < 4.78 is 46.7. The molecule has 0 fully saturated rings. The van der Waals surface area contributed by atoms with Gasteiger partial charge in [0.25, 0.3) is 0 Å². The molecule has 0 N–H and O–H groups in total. The molecule has 0 aliphatic heterocycles. The van der Waals surface area contributed by atoms with Crippen molar-refractivity contribution in [2.24, 2.45) is 0 Å². The van der Waals surface area contributed by atoms with Gasteiger partial charge in [-0.15, -0.1) is 6.58 Å². The fourth-order valence-corrected chi connectivity index (χ4v) is 4.42. The van der Waals surface area contributed by atoms with Gasteiger partial charge in [-0.1, -0.05) is 67.1 Å². The maximum atomic E-state index is 14.6. The summed E-state index contributed by atoms with van der Waals surface area (Å²) in [6.07, 6.45) is 7.06. The van der Waals surface area contributed by atoms with E-state index in [1.165, 1.54) is 17.7 Å². The highest BCUT2D eigenvalue weighted by Crippen LogP contribution is 2.26. The van der Waals surface area contributed by atoms with Gasteiger partial charge in [0, 0.05) is 12.0 Å². The Morgan fingerprint density at radius 2 is 1.33 bits per heavy atom. The highest BCUT2D eigenvalue weighted by atomic mass is 19.2. The number of ether oxygens (including phenoxy) is 1. The lowest BCUT2D eigenvalue weighted by Crippen LogP contribution is -2.07. The second kappa shape index (κ2) is 13.6. The van der Waals surface area contributed by atoms with Crippen molar-refractivity contribution in [3.63, 3.8) is 0 Å². The molecule has 0 atom stereocenters. The summed E-state index contributed by atoms with van der Waals surface area (Å²) >= 11 is 0. The van der Waals surface area contributed by atoms with Gasteiger partial charge in [-0.2, -0.15) is 0 Å². The minimum atomic E-state index is -1.01. The third-order valence-electron chi connectivity index (χ3n) is 6.62. The van der Waals surface area contributed by atoms with Crippen molar-refractivity contribution in [1.82, 2.24) is 0 Å². The van der Waals surface area contributed by atoms with Gasteiger partial charge in [-0.05, 0) is 90.3 Å². The Morgan fingerprint density at radius 1 is 0.667 bits per heavy atom. The number of esters is 1. The molecule has 39 heavy (non-hydrogen) atoms. The molecule has 4 rings (SSSR count). The summed E-state index contributed by atoms with van der Waals surface area (Å²) in [7, 11) is 0. The Kier molecular flexibility index (Phi) is 9.74. The Bertz CT molecular complexity index is 1410. The molecule has 0 radical (unpaired) electrons. The van der Waals surface area contributed by atoms with Gasteiger partial charge in [-0.25, -0.2) is 13.2 Å². The number of halogens is 3. The number of hydrogen-bond donors (Lipinski definition) is 0. The standard InChI is InChI=1S/C34H31F3O2/c1-2-3-7-24-10-13-26(14-11-24)27-15-18-29(19-16-27)39-34(38)9-6-4-5-8-25-12-20-30(32(36)22-25)28-17-21-31(35)33(37)23-28/h2,10-23H,1,3-9H2. The number of benzene rings is 4. The van der Waals surface area contributed by atoms with E-state index in [9.17, 15) is 18.0 Å². The van der Waals surface area contributed by atoms with Crippen molar-refractivity contribution < 1.29 is 22.7 Å². The Labute approximate surface area is 227 Å². The van der Waals surface area contributed by atoms with Gasteiger partial charge >= 0.3 is 5.97 Å². The SMILES string of the molecule is C=CCCc1ccc(-c2ccc(OC(=O)CCCCCc3ccc(-c4ccc(F)c(F)c4)c(F)c3)cc2)cc1. The molecular weight excluding hydrogens is 497 g/mol. The van der Waals surface area contributed by atoms with E-state index in [1.54, 1.807) is 24.3 Å². The third kappa shape index (κ3) is 7.93. The first-order valence-corrected chi connectivity index (χ1v) is 13.2. The minimum Gasteiger partial charge on any atom is -0.427 e. The van der Waals surface area contributed by atoms with Gasteiger partial charge in [0.2, 0.25) is 0 Å². The van der Waals surface area contributed by atoms with Crippen molar-refractivity contribution in [3.05, 3.63) is 126 Å². The predicted octanol–water partition coefficient (Wildman–Crippen LogP) is 9.26. The first-order chi connectivity index (χ1) is 18.9. The van der Waals surface area contributed by atoms with Gasteiger partial charge in [0.15, 0.2) is 11.6 Å². The smallest absolute Gasteiger partial charge is 0.311 e. The molecule has 0 spiro atoms. The van der Waals surface area contributed by atoms with Crippen LogP contribution < -0.4 is 4.74 Å². The number of carbonyl (C=O) groups is 1. The molecule has 0 unspecified atom stereocenters. The van der Waals surface area contributed by atoms with E-state index in [-0.39, 0.29) is 11.5 Å². The summed E-state index contributed by atoms with van der Waals surface area (Å²) in [5, 5.41) is 0. The van der Waals surface area contributed by atoms with Crippen molar-refractivity contribution >= 4 is 5.97 Å². The Hall–Kier alpha value is -4.12. The van der Waals surface area contributed by atoms with Gasteiger partial charge in [0.1, 0.15) is 11.6 Å². The van der Waals surface area contributed by atoms with Gasteiger partial charge in [-0.3, -0.25) is 4.79 Å². The van der Waals surface area contributed by atoms with E-state index in [0.717, 1.165) is 54.5 Å². The largest absolute Gasteiger partial charge is 0.427 e. The normalized spacial score (nSPS) is 10.8. The molecule has 0 heterocycles. The highest BCUT2D eigenvalue weighted by Gasteiger charge is 2.10. The number of aryl methyl sites for hydroxylation is 2. The van der Waals surface area contributed by atoms with E-state index in [4.69, 9.17) is 4.74 Å². The third-order valence-corrected chi connectivity index (χ3v) is 6.62. The number of carbonyl (C=O) groups excluding carboxylic acids is 1. The Morgan fingerprint density at radius 3 is 2.00 bits per heavy atom. The van der Waals surface area contributed by atoms with E-state index < -0.39 is 17.5 Å². The molecule has 0 aliphatic carbocycles. The zero-order valence-electron chi connectivity index (χ0n) is 21.8. The van der Waals surface area contributed by atoms with E-state index in [0.29, 0.717) is 30.6 Å². The van der Waals surface area contributed by atoms with Gasteiger partial charge < -0.3 is 4.74 Å². The van der Waals surface area contributed by atoms with Crippen LogP contribution in [0.5, 0.6) is 5.75 Å². The monoisotopic (exact) mass is 528 g/mol. The van der Waals surface area contributed by atoms with E-state index >= 15 is 0 Å². The van der Waals surface area contributed by atoms with E-state index in [2.05, 4.69) is 30.8 Å². The molecule has 2 nitrogen and oxygen atoms in total. The molecule has 4 aromatic carbocycles. The lowest BCUT2D eigenvalue weighted by atomic mass is 10.00. The average molecular weight is 529 g/mol. The second-order valence-corrected chi connectivity index (χ2v) is 9.53. The van der Waals surface area contributed by atoms with Crippen molar-refractivity contribution in [2.75, 3.05) is 0 Å². The second-order valence-electron chi connectivity index (χ2n) is 9.53. The van der Waals surface area contributed by atoms with Crippen LogP contribution in [-0.2, 0) is 17.6 Å². The number of hydrogen-bond acceptors (Lipinski definition) is 2. The van der Waals surface area contributed by atoms with Crippen LogP contribution in [0, 0.1) is 17.5 Å². The van der Waals surface area contributed by atoms with Crippen molar-refractivity contribution in [1.29, 1.82) is 0 Å². The molecule has 0 aliphatic rings. The predicted molar refractivity (Wildman–Crippen MR) is 150 cm³/mol. The number of rotatable bonds is 12. The van der Waals surface area contributed by atoms with Crippen LogP contribution in [0.1, 0.15) is 43.2 Å². The lowest BCUT2D eigenvalue weighted by molar-refractivity contribution is -0.134. The fourth-order valence-electron chi connectivity index (χ4n) is 4.42. The molecule has 4 aromatic rings. The summed E-state index contributed by atoms with van der Waals surface area (Å²) in [5.74, 6) is -2.21. The zero-order chi connectivity index (χ0) is 27.6. The maximum absolute atomic E-state index is 14.6. The summed E-state index contributed by atoms with van der Waals surface area (Å²) in [5.41, 5.74) is 4.76. The molecule has 0 aromatic heterocycles. The average Bonchev–Trinajstić information content (AvgIpc) is 2.94. The van der Waals surface area contributed by atoms with Crippen LogP contribution in [-0.4, -0.2) is 5.97 Å². The van der Waals surface area contributed by atoms with Crippen molar-refractivity contribution in [2.45, 2.75) is 44.9 Å². The molecule has 0 saturated heterocycles. The fraction of sp³-hybridized carbons (Fsp3) is 0.206. The first kappa shape index (κ1) is 27.9. The minimum absolute atomic E-state index is 0.227. The lowest BCUT2D eigenvalue weighted by Gasteiger charge is -2.08. The molecule has 200 valence electrons. The summed E-state index contributed by atoms with van der Waals surface area (Å²) in [6.45, 7) is 3.76. The van der Waals surface area contributed by atoms with Crippen LogP contribution in [0.15, 0.2) is 97.6 Å². The van der Waals surface area contributed by atoms with E-state index in [1.807, 2.05) is 18.2 Å². The highest BCUT2D eigenvalue weighted by molar-refractivity contribution is 5.73. The number of allylic oxidation sites excluding steroid dienone is 1. The Balaban J connectivity index is 1.18. The molecule has 0 bridgehead atoms. The van der Waals surface area contributed by atoms with Crippen LogP contribution >= 0.6 is 0 Å². The maximum Gasteiger partial charge on any atom is 0.311 e. The molecule has 0 saturated carbocycles. The van der Waals surface area contributed by atoms with Crippen LogP contribution in [0.3, 0.4) is 0 Å². The van der Waals surface area contributed by atoms with Crippen LogP contribution in [0.25, 0.3) is 22.3 Å². The first-order valence-electron chi connectivity index (χ1n) is 13.2. The summed E-state index contributed by atoms with van der Waals surface area (Å²) in [6, 6.07) is 24.0. The summed E-state index contributed by atoms with van der Waals surface area (Å²) in [4.78, 5) is 12.3. The molecule has 5 heteroatoms. The number of unbranched alkanes of at least 4 members (excludes halogenated alkanes) is 2. The van der Waals surface area contributed by atoms with Gasteiger partial charge in [0.05, 0.1) is 0 Å².